The number of urea groups is 1. The van der Waals surface area contributed by atoms with Gasteiger partial charge in [-0.1, -0.05) is 11.6 Å². The van der Waals surface area contributed by atoms with Crippen molar-refractivity contribution in [3.05, 3.63) is 58.6 Å². The van der Waals surface area contributed by atoms with Crippen LogP contribution in [-0.4, -0.2) is 59.6 Å². The number of halogens is 12. The zero-order chi connectivity index (χ0) is 29.1. The maximum Gasteiger partial charge on any atom is 0.461 e. The zero-order valence-electron chi connectivity index (χ0n) is 18.3. The van der Waals surface area contributed by atoms with Crippen LogP contribution in [0.5, 0.6) is 5.75 Å². The lowest BCUT2D eigenvalue weighted by Crippen LogP contribution is -2.65. The van der Waals surface area contributed by atoms with Gasteiger partial charge in [0.25, 0.3) is 0 Å². The van der Waals surface area contributed by atoms with Crippen LogP contribution in [0.4, 0.5) is 53.1 Å². The Morgan fingerprint density at radius 1 is 1.08 bits per heavy atom. The van der Waals surface area contributed by atoms with E-state index in [-0.39, 0.29) is 16.8 Å². The number of pyridine rings is 1. The fraction of sp³-hybridized carbons (Fsp3) is 0.400. The van der Waals surface area contributed by atoms with Crippen molar-refractivity contribution < 1.29 is 62.9 Å². The molecule has 1 aromatic heterocycles. The predicted octanol–water partition coefficient (Wildman–Crippen LogP) is 5.40. The summed E-state index contributed by atoms with van der Waals surface area (Å²) in [4.78, 5) is 16.1. The number of ether oxygens (including phenoxy) is 1. The third kappa shape index (κ3) is 7.06. The summed E-state index contributed by atoms with van der Waals surface area (Å²) in [6.07, 6.45) is -14.6. The van der Waals surface area contributed by atoms with Crippen molar-refractivity contribution in [3.8, 4) is 5.75 Å². The fourth-order valence-electron chi connectivity index (χ4n) is 2.84. The minimum atomic E-state index is -6.13. The summed E-state index contributed by atoms with van der Waals surface area (Å²) in [7, 11) is 0. The number of rotatable bonds is 10. The Morgan fingerprint density at radius 2 is 1.71 bits per heavy atom. The minimum absolute atomic E-state index is 0.0143. The van der Waals surface area contributed by atoms with Gasteiger partial charge in [0.1, 0.15) is 11.6 Å². The summed E-state index contributed by atoms with van der Waals surface area (Å²) in [5.74, 6) is -7.92. The molecule has 38 heavy (non-hydrogen) atoms. The SMILES string of the molecule is O=C(NCC(O)(C(F)(F)F)C(F)(F)CF)N[C@@H](c1cc(F)cc(OC(F)(F)C(F)F)c1)c1ccc(Cl)cn1. The Labute approximate surface area is 210 Å². The lowest BCUT2D eigenvalue weighted by molar-refractivity contribution is -0.330. The van der Waals surface area contributed by atoms with Crippen LogP contribution in [0.15, 0.2) is 36.5 Å². The van der Waals surface area contributed by atoms with E-state index in [1.165, 1.54) is 5.32 Å². The second kappa shape index (κ2) is 11.3. The Kier molecular flexibility index (Phi) is 9.30. The third-order valence-electron chi connectivity index (χ3n) is 4.80. The van der Waals surface area contributed by atoms with E-state index >= 15 is 0 Å². The summed E-state index contributed by atoms with van der Waals surface area (Å²) >= 11 is 5.69. The Hall–Kier alpha value is -3.08. The average molecular weight is 590 g/mol. The van der Waals surface area contributed by atoms with Gasteiger partial charge in [-0.2, -0.15) is 30.7 Å². The first-order valence-electron chi connectivity index (χ1n) is 9.87. The fourth-order valence-corrected chi connectivity index (χ4v) is 2.95. The summed E-state index contributed by atoms with van der Waals surface area (Å²) in [6, 6.07) is 0.0918. The first-order chi connectivity index (χ1) is 17.3. The van der Waals surface area contributed by atoms with Gasteiger partial charge in [0, 0.05) is 12.3 Å². The van der Waals surface area contributed by atoms with Crippen LogP contribution in [0.1, 0.15) is 17.3 Å². The molecule has 0 fully saturated rings. The van der Waals surface area contributed by atoms with Crippen molar-refractivity contribution in [2.45, 2.75) is 36.3 Å². The van der Waals surface area contributed by atoms with E-state index in [2.05, 4.69) is 9.72 Å². The summed E-state index contributed by atoms with van der Waals surface area (Å²) < 4.78 is 148. The summed E-state index contributed by atoms with van der Waals surface area (Å²) in [5.41, 5.74) is -5.89. The Bertz CT molecular complexity index is 1120. The molecule has 212 valence electrons. The third-order valence-corrected chi connectivity index (χ3v) is 5.03. The van der Waals surface area contributed by atoms with E-state index in [0.717, 1.165) is 18.3 Å². The molecule has 0 saturated heterocycles. The van der Waals surface area contributed by atoms with E-state index in [0.29, 0.717) is 12.1 Å². The Balaban J connectivity index is 2.42. The summed E-state index contributed by atoms with van der Waals surface area (Å²) in [6.45, 7) is -5.21. The number of amides is 2. The number of aliphatic hydroxyl groups is 1. The van der Waals surface area contributed by atoms with Crippen LogP contribution < -0.4 is 15.4 Å². The monoisotopic (exact) mass is 589 g/mol. The molecule has 2 amide bonds. The number of benzene rings is 1. The van der Waals surface area contributed by atoms with Crippen molar-refractivity contribution in [3.63, 3.8) is 0 Å². The molecule has 6 nitrogen and oxygen atoms in total. The number of carbonyl (C=O) groups is 1. The topological polar surface area (TPSA) is 83.5 Å². The highest BCUT2D eigenvalue weighted by atomic mass is 35.5. The van der Waals surface area contributed by atoms with E-state index in [4.69, 9.17) is 11.6 Å². The van der Waals surface area contributed by atoms with Crippen molar-refractivity contribution in [2.24, 2.45) is 0 Å². The average Bonchev–Trinajstić information content (AvgIpc) is 2.80. The van der Waals surface area contributed by atoms with Gasteiger partial charge in [0.05, 0.1) is 23.3 Å². The summed E-state index contributed by atoms with van der Waals surface area (Å²) in [5, 5.41) is 12.6. The van der Waals surface area contributed by atoms with Gasteiger partial charge in [-0.05, 0) is 29.8 Å². The number of carbonyl (C=O) groups excluding carboxylic acids is 1. The molecule has 2 rings (SSSR count). The quantitative estimate of drug-likeness (QED) is 0.324. The number of aromatic nitrogens is 1. The smallest absolute Gasteiger partial charge is 0.428 e. The van der Waals surface area contributed by atoms with Gasteiger partial charge in [0.15, 0.2) is 6.67 Å². The molecule has 3 N–H and O–H groups in total. The lowest BCUT2D eigenvalue weighted by atomic mass is 9.95. The maximum atomic E-state index is 14.1. The van der Waals surface area contributed by atoms with Crippen LogP contribution in [0.2, 0.25) is 5.02 Å². The molecular weight excluding hydrogens is 575 g/mol. The molecule has 0 aliphatic carbocycles. The van der Waals surface area contributed by atoms with Crippen LogP contribution in [0.3, 0.4) is 0 Å². The molecule has 1 unspecified atom stereocenters. The van der Waals surface area contributed by atoms with E-state index in [1.54, 1.807) is 0 Å². The van der Waals surface area contributed by atoms with Crippen molar-refractivity contribution in [1.82, 2.24) is 15.6 Å². The van der Waals surface area contributed by atoms with Crippen molar-refractivity contribution >= 4 is 17.6 Å². The highest BCUT2D eigenvalue weighted by molar-refractivity contribution is 6.30. The molecule has 0 spiro atoms. The second-order valence-corrected chi connectivity index (χ2v) is 7.98. The molecule has 18 heteroatoms. The van der Waals surface area contributed by atoms with Crippen LogP contribution >= 0.6 is 11.6 Å². The molecule has 0 aliphatic heterocycles. The maximum absolute atomic E-state index is 14.1. The highest BCUT2D eigenvalue weighted by Crippen LogP contribution is 2.42. The van der Waals surface area contributed by atoms with Gasteiger partial charge in [-0.15, -0.1) is 0 Å². The number of hydrogen-bond acceptors (Lipinski definition) is 4. The van der Waals surface area contributed by atoms with Crippen LogP contribution in [0.25, 0.3) is 0 Å². The molecule has 1 heterocycles. The Morgan fingerprint density at radius 3 is 2.21 bits per heavy atom. The van der Waals surface area contributed by atoms with Gasteiger partial charge < -0.3 is 20.5 Å². The predicted molar refractivity (Wildman–Crippen MR) is 108 cm³/mol. The van der Waals surface area contributed by atoms with Crippen molar-refractivity contribution in [1.29, 1.82) is 0 Å². The highest BCUT2D eigenvalue weighted by Gasteiger charge is 2.69. The van der Waals surface area contributed by atoms with Crippen molar-refractivity contribution in [2.75, 3.05) is 13.2 Å². The molecule has 2 atom stereocenters. The van der Waals surface area contributed by atoms with Crippen LogP contribution in [0, 0.1) is 5.82 Å². The van der Waals surface area contributed by atoms with Gasteiger partial charge in [0.2, 0.25) is 5.60 Å². The lowest BCUT2D eigenvalue weighted by Gasteiger charge is -2.35. The number of nitrogens with zero attached hydrogens (tertiary/aromatic N) is 1. The molecule has 2 aromatic rings. The van der Waals surface area contributed by atoms with Gasteiger partial charge in [-0.3, -0.25) is 4.98 Å². The van der Waals surface area contributed by atoms with Crippen LogP contribution in [-0.2, 0) is 0 Å². The van der Waals surface area contributed by atoms with E-state index in [9.17, 15) is 58.2 Å². The van der Waals surface area contributed by atoms with E-state index < -0.39 is 72.7 Å². The number of nitrogens with one attached hydrogen (secondary N) is 2. The minimum Gasteiger partial charge on any atom is -0.428 e. The van der Waals surface area contributed by atoms with Gasteiger partial charge >= 0.3 is 30.7 Å². The largest absolute Gasteiger partial charge is 0.461 e. The normalized spacial score (nSPS) is 15.1. The van der Waals surface area contributed by atoms with Gasteiger partial charge in [-0.25, -0.2) is 22.4 Å². The zero-order valence-corrected chi connectivity index (χ0v) is 19.0. The molecular formula is C20H15ClF11N3O3. The number of hydrogen-bond donors (Lipinski definition) is 3. The molecule has 0 saturated carbocycles. The first kappa shape index (κ1) is 31.1. The standard InChI is InChI=1S/C20H15ClF11N3O3/c21-10-1-2-13(33-6-10)14(9-3-11(23)5-12(4-9)38-19(28,29)15(24)25)35-16(36)34-8-17(37,20(30,31)32)18(26,27)7-22/h1-6,14-15,37H,7-8H2,(H2,34,35,36)/t14-,17?/m0/s1. The van der Waals surface area contributed by atoms with E-state index in [1.807, 2.05) is 5.32 Å². The molecule has 0 radical (unpaired) electrons. The number of alkyl halides is 10. The molecule has 0 aliphatic rings. The first-order valence-corrected chi connectivity index (χ1v) is 10.2. The second-order valence-electron chi connectivity index (χ2n) is 7.54. The molecule has 0 bridgehead atoms. The molecule has 1 aromatic carbocycles.